The van der Waals surface area contributed by atoms with Crippen molar-refractivity contribution in [2.45, 2.75) is 0 Å². The van der Waals surface area contributed by atoms with Gasteiger partial charge in [0.15, 0.2) is 11.5 Å². The summed E-state index contributed by atoms with van der Waals surface area (Å²) >= 11 is 8.19. The molecule has 0 heterocycles. The quantitative estimate of drug-likeness (QED) is 0.764. The average molecular weight is 404 g/mol. The molecule has 0 saturated carbocycles. The lowest BCUT2D eigenvalue weighted by molar-refractivity contribution is 0.102. The molecular weight excluding hydrogens is 393 g/mol. The Kier molecular flexibility index (Phi) is 4.72. The molecule has 0 aliphatic carbocycles. The third kappa shape index (κ3) is 3.34. The van der Waals surface area contributed by atoms with Gasteiger partial charge in [-0.05, 0) is 59.0 Å². The number of carbonyl (C=O) groups excluding carboxylic acids is 1. The van der Waals surface area contributed by atoms with Gasteiger partial charge < -0.3 is 15.2 Å². The number of phenols is 1. The van der Waals surface area contributed by atoms with Crippen LogP contribution >= 0.6 is 34.2 Å². The molecule has 2 aromatic carbocycles. The van der Waals surface area contributed by atoms with E-state index < -0.39 is 0 Å². The molecule has 0 atom stereocenters. The molecule has 0 unspecified atom stereocenters. The predicted molar refractivity (Wildman–Crippen MR) is 86.8 cm³/mol. The number of ether oxygens (including phenoxy) is 1. The van der Waals surface area contributed by atoms with Crippen LogP contribution in [0.2, 0.25) is 5.02 Å². The van der Waals surface area contributed by atoms with E-state index in [1.807, 2.05) is 6.07 Å². The summed E-state index contributed by atoms with van der Waals surface area (Å²) in [5, 5.41) is 12.8. The van der Waals surface area contributed by atoms with Gasteiger partial charge in [-0.25, -0.2) is 0 Å². The van der Waals surface area contributed by atoms with E-state index in [1.54, 1.807) is 18.2 Å². The van der Waals surface area contributed by atoms with Gasteiger partial charge in [-0.1, -0.05) is 11.6 Å². The maximum absolute atomic E-state index is 12.1. The van der Waals surface area contributed by atoms with Gasteiger partial charge >= 0.3 is 0 Å². The molecule has 1 amide bonds. The number of halogens is 2. The first-order chi connectivity index (χ1) is 9.51. The number of methoxy groups -OCH3 is 1. The molecular formula is C14H11ClINO3. The number of phenolic OH excluding ortho intramolecular Hbond substituents is 1. The van der Waals surface area contributed by atoms with E-state index in [4.69, 9.17) is 16.3 Å². The van der Waals surface area contributed by atoms with Crippen molar-refractivity contribution in [3.05, 3.63) is 50.6 Å². The Morgan fingerprint density at radius 3 is 2.65 bits per heavy atom. The van der Waals surface area contributed by atoms with E-state index in [0.29, 0.717) is 22.0 Å². The lowest BCUT2D eigenvalue weighted by atomic mass is 10.2. The topological polar surface area (TPSA) is 58.6 Å². The second kappa shape index (κ2) is 6.32. The van der Waals surface area contributed by atoms with Crippen LogP contribution in [0.15, 0.2) is 36.4 Å². The van der Waals surface area contributed by atoms with Crippen LogP contribution in [0.5, 0.6) is 11.5 Å². The van der Waals surface area contributed by atoms with Crippen LogP contribution in [0.25, 0.3) is 0 Å². The van der Waals surface area contributed by atoms with E-state index in [9.17, 15) is 9.90 Å². The van der Waals surface area contributed by atoms with Gasteiger partial charge in [0.2, 0.25) is 0 Å². The largest absolute Gasteiger partial charge is 0.504 e. The number of rotatable bonds is 3. The molecule has 104 valence electrons. The Morgan fingerprint density at radius 2 is 2.05 bits per heavy atom. The van der Waals surface area contributed by atoms with Crippen molar-refractivity contribution in [2.24, 2.45) is 0 Å². The van der Waals surface area contributed by atoms with E-state index in [2.05, 4.69) is 27.9 Å². The van der Waals surface area contributed by atoms with Crippen LogP contribution in [-0.2, 0) is 0 Å². The van der Waals surface area contributed by atoms with Gasteiger partial charge in [-0.3, -0.25) is 4.79 Å². The summed E-state index contributed by atoms with van der Waals surface area (Å²) < 4.78 is 5.91. The summed E-state index contributed by atoms with van der Waals surface area (Å²) in [6.45, 7) is 0. The highest BCUT2D eigenvalue weighted by Crippen LogP contribution is 2.28. The Balaban J connectivity index is 2.21. The SMILES string of the molecule is COc1ccc(C(=O)Nc2ccc(I)cc2Cl)cc1O. The number of amides is 1. The first kappa shape index (κ1) is 14.9. The van der Waals surface area contributed by atoms with Crippen molar-refractivity contribution < 1.29 is 14.6 Å². The number of hydrogen-bond donors (Lipinski definition) is 2. The molecule has 0 spiro atoms. The fraction of sp³-hybridized carbons (Fsp3) is 0.0714. The van der Waals surface area contributed by atoms with E-state index >= 15 is 0 Å². The molecule has 20 heavy (non-hydrogen) atoms. The van der Waals surface area contributed by atoms with Crippen LogP contribution < -0.4 is 10.1 Å². The monoisotopic (exact) mass is 403 g/mol. The number of carbonyl (C=O) groups is 1. The predicted octanol–water partition coefficient (Wildman–Crippen LogP) is 3.91. The Bertz CT molecular complexity index is 661. The van der Waals surface area contributed by atoms with Crippen molar-refractivity contribution in [2.75, 3.05) is 12.4 Å². The van der Waals surface area contributed by atoms with Crippen LogP contribution in [0.4, 0.5) is 5.69 Å². The van der Waals surface area contributed by atoms with Gasteiger partial charge in [0.25, 0.3) is 5.91 Å². The number of hydrogen-bond acceptors (Lipinski definition) is 3. The normalized spacial score (nSPS) is 10.2. The molecule has 0 saturated heterocycles. The maximum atomic E-state index is 12.1. The summed E-state index contributed by atoms with van der Waals surface area (Å²) in [7, 11) is 1.44. The first-order valence-corrected chi connectivity index (χ1v) is 7.10. The zero-order valence-corrected chi connectivity index (χ0v) is 13.4. The third-order valence-electron chi connectivity index (χ3n) is 2.62. The van der Waals surface area contributed by atoms with E-state index in [-0.39, 0.29) is 11.7 Å². The standard InChI is InChI=1S/C14H11ClINO3/c1-20-13-5-2-8(6-12(13)18)14(19)17-11-4-3-9(16)7-10(11)15/h2-7,18H,1H3,(H,17,19). The molecule has 2 aromatic rings. The molecule has 4 nitrogen and oxygen atoms in total. The number of benzene rings is 2. The van der Waals surface area contributed by atoms with Gasteiger partial charge in [-0.15, -0.1) is 0 Å². The molecule has 0 aliphatic heterocycles. The van der Waals surface area contributed by atoms with Gasteiger partial charge in [-0.2, -0.15) is 0 Å². The van der Waals surface area contributed by atoms with Crippen molar-refractivity contribution in [1.82, 2.24) is 0 Å². The second-order valence-electron chi connectivity index (χ2n) is 3.96. The molecule has 0 bridgehead atoms. The van der Waals surface area contributed by atoms with Crippen LogP contribution in [0.3, 0.4) is 0 Å². The summed E-state index contributed by atoms with van der Waals surface area (Å²) in [6, 6.07) is 9.76. The number of nitrogens with one attached hydrogen (secondary N) is 1. The van der Waals surface area contributed by atoms with Crippen LogP contribution in [0, 0.1) is 3.57 Å². The molecule has 0 aromatic heterocycles. The van der Waals surface area contributed by atoms with Gasteiger partial charge in [0.05, 0.1) is 17.8 Å². The molecule has 0 aliphatic rings. The highest BCUT2D eigenvalue weighted by molar-refractivity contribution is 14.1. The summed E-state index contributed by atoms with van der Waals surface area (Å²) in [6.07, 6.45) is 0. The zero-order valence-electron chi connectivity index (χ0n) is 10.5. The summed E-state index contributed by atoms with van der Waals surface area (Å²) in [4.78, 5) is 12.1. The average Bonchev–Trinajstić information content (AvgIpc) is 2.41. The van der Waals surface area contributed by atoms with Gasteiger partial charge in [0.1, 0.15) is 0 Å². The smallest absolute Gasteiger partial charge is 0.255 e. The molecule has 2 rings (SSSR count). The lowest BCUT2D eigenvalue weighted by Gasteiger charge is -2.09. The van der Waals surface area contributed by atoms with Crippen molar-refractivity contribution >= 4 is 45.8 Å². The Hall–Kier alpha value is -1.47. The Labute approximate surface area is 134 Å². The van der Waals surface area contributed by atoms with E-state index in [0.717, 1.165) is 3.57 Å². The Morgan fingerprint density at radius 1 is 1.30 bits per heavy atom. The fourth-order valence-corrected chi connectivity index (χ4v) is 2.52. The lowest BCUT2D eigenvalue weighted by Crippen LogP contribution is -2.12. The summed E-state index contributed by atoms with van der Waals surface area (Å²) in [5.41, 5.74) is 0.838. The highest BCUT2D eigenvalue weighted by atomic mass is 127. The maximum Gasteiger partial charge on any atom is 0.255 e. The van der Waals surface area contributed by atoms with Crippen molar-refractivity contribution in [1.29, 1.82) is 0 Å². The third-order valence-corrected chi connectivity index (χ3v) is 3.60. The number of aromatic hydroxyl groups is 1. The first-order valence-electron chi connectivity index (χ1n) is 5.64. The van der Waals surface area contributed by atoms with E-state index in [1.165, 1.54) is 19.2 Å². The molecule has 0 radical (unpaired) electrons. The van der Waals surface area contributed by atoms with Crippen LogP contribution in [0.1, 0.15) is 10.4 Å². The van der Waals surface area contributed by atoms with Crippen molar-refractivity contribution in [3.8, 4) is 11.5 Å². The minimum absolute atomic E-state index is 0.0890. The molecule has 6 heteroatoms. The zero-order chi connectivity index (χ0) is 14.7. The minimum atomic E-state index is -0.355. The highest BCUT2D eigenvalue weighted by Gasteiger charge is 2.11. The fourth-order valence-electron chi connectivity index (χ4n) is 1.62. The molecule has 0 fully saturated rings. The van der Waals surface area contributed by atoms with Crippen molar-refractivity contribution in [3.63, 3.8) is 0 Å². The van der Waals surface area contributed by atoms with Crippen LogP contribution in [-0.4, -0.2) is 18.1 Å². The second-order valence-corrected chi connectivity index (χ2v) is 5.62. The minimum Gasteiger partial charge on any atom is -0.504 e. The number of anilines is 1. The molecule has 2 N–H and O–H groups in total. The van der Waals surface area contributed by atoms with Gasteiger partial charge in [0, 0.05) is 9.13 Å². The summed E-state index contributed by atoms with van der Waals surface area (Å²) in [5.74, 6) is -0.131.